The minimum Gasteiger partial charge on any atom is -0.247 e. The Kier molecular flexibility index (Phi) is 17.0. The molecule has 2 heteroatoms. The molecule has 0 bridgehead atoms. The Labute approximate surface area is 337 Å². The lowest BCUT2D eigenvalue weighted by atomic mass is 9.85. The van der Waals surface area contributed by atoms with Crippen molar-refractivity contribution in [2.75, 3.05) is 6.26 Å². The van der Waals surface area contributed by atoms with Gasteiger partial charge in [-0.05, 0) is 105 Å². The fourth-order valence-electron chi connectivity index (χ4n) is 6.30. The molecule has 1 heterocycles. The number of hydrogen-bond acceptors (Lipinski definition) is 2. The van der Waals surface area contributed by atoms with E-state index in [0.717, 1.165) is 22.9 Å². The smallest absolute Gasteiger partial charge is 0.0795 e. The van der Waals surface area contributed by atoms with Gasteiger partial charge in [-0.3, -0.25) is 0 Å². The normalized spacial score (nSPS) is 15.8. The predicted octanol–water partition coefficient (Wildman–Crippen LogP) is 14.7. The number of benzene rings is 5. The first-order valence-electron chi connectivity index (χ1n) is 19.2. The SMILES string of the molecule is CC(=C1/N=C(c2ccccc2)C(c2cccc(C)c2C)=C1c1ccccc1)/C(C)=C/C=C(\C)c1ccccc1.CC1C=CC=CC1.CS.Cc1ccccc1. The van der Waals surface area contributed by atoms with Crippen molar-refractivity contribution in [3.05, 3.63) is 232 Å². The lowest BCUT2D eigenvalue weighted by Crippen LogP contribution is -2.05. The van der Waals surface area contributed by atoms with Crippen LogP contribution in [0.1, 0.15) is 73.1 Å². The zero-order valence-electron chi connectivity index (χ0n) is 33.9. The van der Waals surface area contributed by atoms with Gasteiger partial charge in [0, 0.05) is 16.7 Å². The van der Waals surface area contributed by atoms with Crippen LogP contribution in [0.15, 0.2) is 198 Å². The highest BCUT2D eigenvalue weighted by atomic mass is 32.1. The lowest BCUT2D eigenvalue weighted by molar-refractivity contribution is 0.737. The van der Waals surface area contributed by atoms with Crippen LogP contribution < -0.4 is 0 Å². The van der Waals surface area contributed by atoms with E-state index in [1.165, 1.54) is 67.7 Å². The second kappa shape index (κ2) is 22.1. The first kappa shape index (κ1) is 42.3. The minimum atomic E-state index is 0.769. The third-order valence-electron chi connectivity index (χ3n) is 9.83. The van der Waals surface area contributed by atoms with Crippen LogP contribution in [0.3, 0.4) is 0 Å². The summed E-state index contributed by atoms with van der Waals surface area (Å²) in [6.45, 7) is 15.3. The lowest BCUT2D eigenvalue weighted by Gasteiger charge is -2.16. The van der Waals surface area contributed by atoms with Crippen molar-refractivity contribution in [1.82, 2.24) is 0 Å². The molecule has 0 saturated heterocycles. The Morgan fingerprint density at radius 2 is 1.18 bits per heavy atom. The molecule has 0 saturated carbocycles. The summed E-state index contributed by atoms with van der Waals surface area (Å²) in [6.07, 6.45) is 16.0. The van der Waals surface area contributed by atoms with Crippen molar-refractivity contribution < 1.29 is 0 Å². The van der Waals surface area contributed by atoms with E-state index >= 15 is 0 Å². The highest BCUT2D eigenvalue weighted by Gasteiger charge is 2.29. The fraction of sp³-hybridized carbons (Fsp3) is 0.189. The maximum Gasteiger partial charge on any atom is 0.0795 e. The molecular formula is C53H57NS. The zero-order chi connectivity index (χ0) is 39.6. The van der Waals surface area contributed by atoms with Gasteiger partial charge in [-0.2, -0.15) is 12.6 Å². The summed E-state index contributed by atoms with van der Waals surface area (Å²) < 4.78 is 0. The summed E-state index contributed by atoms with van der Waals surface area (Å²) in [7, 11) is 0. The van der Waals surface area contributed by atoms with Crippen LogP contribution in [0.5, 0.6) is 0 Å². The molecule has 0 spiro atoms. The maximum atomic E-state index is 5.41. The molecule has 7 rings (SSSR count). The van der Waals surface area contributed by atoms with Gasteiger partial charge in [0.2, 0.25) is 0 Å². The summed E-state index contributed by atoms with van der Waals surface area (Å²) in [5.74, 6) is 0.769. The van der Waals surface area contributed by atoms with Crippen molar-refractivity contribution in [3.63, 3.8) is 0 Å². The molecule has 0 aromatic heterocycles. The van der Waals surface area contributed by atoms with Gasteiger partial charge in [0.1, 0.15) is 0 Å². The summed E-state index contributed by atoms with van der Waals surface area (Å²) >= 11 is 3.53. The van der Waals surface area contributed by atoms with E-state index in [1.54, 1.807) is 6.26 Å². The maximum absolute atomic E-state index is 5.41. The molecule has 1 aliphatic carbocycles. The Balaban J connectivity index is 0.000000348. The number of aryl methyl sites for hydroxylation is 2. The number of hydrogen-bond donors (Lipinski definition) is 1. The molecule has 5 aromatic carbocycles. The predicted molar refractivity (Wildman–Crippen MR) is 247 cm³/mol. The van der Waals surface area contributed by atoms with Crippen LogP contribution >= 0.6 is 12.6 Å². The van der Waals surface area contributed by atoms with Crippen molar-refractivity contribution in [2.24, 2.45) is 10.9 Å². The van der Waals surface area contributed by atoms with Crippen LogP contribution in [0.2, 0.25) is 0 Å². The Morgan fingerprint density at radius 3 is 1.69 bits per heavy atom. The van der Waals surface area contributed by atoms with Gasteiger partial charge in [0.05, 0.1) is 11.4 Å². The number of allylic oxidation sites excluding steroid dienone is 11. The molecule has 1 atom stereocenters. The monoisotopic (exact) mass is 739 g/mol. The molecule has 0 amide bonds. The third-order valence-corrected chi connectivity index (χ3v) is 9.83. The van der Waals surface area contributed by atoms with Gasteiger partial charge in [-0.25, -0.2) is 4.99 Å². The summed E-state index contributed by atoms with van der Waals surface area (Å²) in [4.78, 5) is 5.41. The van der Waals surface area contributed by atoms with E-state index < -0.39 is 0 Å². The Morgan fingerprint density at radius 1 is 0.618 bits per heavy atom. The van der Waals surface area contributed by atoms with Gasteiger partial charge in [0.25, 0.3) is 0 Å². The molecular weight excluding hydrogens is 683 g/mol. The molecule has 0 N–H and O–H groups in total. The van der Waals surface area contributed by atoms with Gasteiger partial charge in [-0.1, -0.05) is 188 Å². The van der Waals surface area contributed by atoms with E-state index in [0.29, 0.717) is 0 Å². The highest BCUT2D eigenvalue weighted by molar-refractivity contribution is 7.79. The molecule has 55 heavy (non-hydrogen) atoms. The van der Waals surface area contributed by atoms with E-state index in [2.05, 4.69) is 219 Å². The van der Waals surface area contributed by atoms with Gasteiger partial charge < -0.3 is 0 Å². The third kappa shape index (κ3) is 12.0. The summed E-state index contributed by atoms with van der Waals surface area (Å²) in [5, 5.41) is 0. The van der Waals surface area contributed by atoms with Gasteiger partial charge in [0.15, 0.2) is 0 Å². The van der Waals surface area contributed by atoms with Crippen LogP contribution in [0.4, 0.5) is 0 Å². The van der Waals surface area contributed by atoms with Gasteiger partial charge >= 0.3 is 0 Å². The first-order valence-corrected chi connectivity index (χ1v) is 20.1. The molecule has 1 nitrogen and oxygen atoms in total. The van der Waals surface area contributed by atoms with Gasteiger partial charge in [-0.15, -0.1) is 0 Å². The van der Waals surface area contributed by atoms with Crippen LogP contribution in [-0.4, -0.2) is 12.0 Å². The van der Waals surface area contributed by atoms with Crippen molar-refractivity contribution in [1.29, 1.82) is 0 Å². The number of rotatable bonds is 6. The van der Waals surface area contributed by atoms with Crippen LogP contribution in [0, 0.1) is 26.7 Å². The Bertz CT molecular complexity index is 2180. The molecule has 0 radical (unpaired) electrons. The van der Waals surface area contributed by atoms with E-state index in [9.17, 15) is 0 Å². The van der Waals surface area contributed by atoms with Crippen molar-refractivity contribution >= 4 is 35.1 Å². The van der Waals surface area contributed by atoms with E-state index in [1.807, 2.05) is 18.2 Å². The molecule has 5 aromatic rings. The highest BCUT2D eigenvalue weighted by Crippen LogP contribution is 2.44. The number of thiol groups is 1. The molecule has 0 fully saturated rings. The molecule has 1 aliphatic heterocycles. The summed E-state index contributed by atoms with van der Waals surface area (Å²) in [5.41, 5.74) is 16.8. The minimum absolute atomic E-state index is 0.769. The standard InChI is InChI=1S/C38H35N.C7H10.C7H8.CH4S/c1-26-16-15-23-34(29(26)4)36-35(32-19-11-7-12-20-32)37(39-38(36)33-21-13-8-14-22-33)30(5)27(2)24-25-28(3)31-17-9-6-10-18-31;2*1-7-5-3-2-4-6-7;1-2/h6-25H,1-5H3;2-5,7H,6H2,1H3;2-6H,1H3;2H,1H3/b27-24+,28-25+,37-30-;;;. The van der Waals surface area contributed by atoms with Crippen LogP contribution in [-0.2, 0) is 0 Å². The summed E-state index contributed by atoms with van der Waals surface area (Å²) in [6, 6.07) is 48.7. The molecule has 280 valence electrons. The topological polar surface area (TPSA) is 12.4 Å². The quantitative estimate of drug-likeness (QED) is 0.132. The average molecular weight is 740 g/mol. The fourth-order valence-corrected chi connectivity index (χ4v) is 6.30. The Hall–Kier alpha value is -5.44. The van der Waals surface area contributed by atoms with Crippen molar-refractivity contribution in [2.45, 2.75) is 54.9 Å². The van der Waals surface area contributed by atoms with E-state index in [-0.39, 0.29) is 0 Å². The largest absolute Gasteiger partial charge is 0.247 e. The first-order chi connectivity index (χ1) is 26.7. The number of aliphatic imine (C=N–C) groups is 1. The molecule has 1 unspecified atom stereocenters. The average Bonchev–Trinajstić information content (AvgIpc) is 3.64. The van der Waals surface area contributed by atoms with Crippen molar-refractivity contribution in [3.8, 4) is 0 Å². The zero-order valence-corrected chi connectivity index (χ0v) is 34.8. The second-order valence-electron chi connectivity index (χ2n) is 13.9. The molecule has 2 aliphatic rings. The number of nitrogens with zero attached hydrogens (tertiary/aromatic N) is 1. The second-order valence-corrected chi connectivity index (χ2v) is 13.9. The van der Waals surface area contributed by atoms with E-state index in [4.69, 9.17) is 4.99 Å². The van der Waals surface area contributed by atoms with Crippen LogP contribution in [0.25, 0.3) is 16.7 Å².